The lowest BCUT2D eigenvalue weighted by Crippen LogP contribution is -1.96. The van der Waals surface area contributed by atoms with Gasteiger partial charge in [0.25, 0.3) is 0 Å². The van der Waals surface area contributed by atoms with Gasteiger partial charge >= 0.3 is 0 Å². The SMILES string of the molecule is c1ccc(-c2nc(-c3ccc(-c4ccc(-c5ccc(-c6c7ccccc7cc7c6ccc6ccccc67)cc5)c5ccccc45)cc3)cc(-c3cccc(-c4cc5ccccc5o4)c3)n2)cc1. The summed E-state index contributed by atoms with van der Waals surface area (Å²) in [6, 6.07) is 86.6. The third kappa shape index (κ3) is 6.84. The van der Waals surface area contributed by atoms with E-state index in [4.69, 9.17) is 14.4 Å². The molecule has 13 rings (SSSR count). The number of hydrogen-bond donors (Lipinski definition) is 0. The highest BCUT2D eigenvalue weighted by Crippen LogP contribution is 2.42. The Kier molecular flexibility index (Phi) is 9.17. The summed E-state index contributed by atoms with van der Waals surface area (Å²) >= 11 is 0. The fourth-order valence-corrected chi connectivity index (χ4v) is 9.99. The van der Waals surface area contributed by atoms with E-state index in [-0.39, 0.29) is 0 Å². The van der Waals surface area contributed by atoms with Gasteiger partial charge in [-0.1, -0.05) is 212 Å². The molecule has 0 N–H and O–H groups in total. The van der Waals surface area contributed by atoms with Crippen LogP contribution in [0.3, 0.4) is 0 Å². The summed E-state index contributed by atoms with van der Waals surface area (Å²) in [7, 11) is 0. The van der Waals surface area contributed by atoms with Crippen molar-refractivity contribution in [2.75, 3.05) is 0 Å². The molecule has 312 valence electrons. The van der Waals surface area contributed by atoms with Crippen molar-refractivity contribution in [3.8, 4) is 78.6 Å². The van der Waals surface area contributed by atoms with Crippen LogP contribution in [0.2, 0.25) is 0 Å². The molecule has 0 saturated heterocycles. The van der Waals surface area contributed by atoms with Crippen LogP contribution in [-0.2, 0) is 0 Å². The van der Waals surface area contributed by atoms with E-state index in [1.807, 2.05) is 36.4 Å². The minimum atomic E-state index is 0.681. The second-order valence-corrected chi connectivity index (χ2v) is 17.3. The van der Waals surface area contributed by atoms with Crippen molar-refractivity contribution < 1.29 is 4.42 Å². The number of benzene rings is 11. The molecule has 67 heavy (non-hydrogen) atoms. The zero-order chi connectivity index (χ0) is 44.3. The maximum atomic E-state index is 6.25. The number of para-hydroxylation sites is 1. The smallest absolute Gasteiger partial charge is 0.160 e. The van der Waals surface area contributed by atoms with Crippen LogP contribution in [0.1, 0.15) is 0 Å². The molecule has 2 aromatic heterocycles. The first-order chi connectivity index (χ1) is 33.2. The molecule has 0 aliphatic heterocycles. The summed E-state index contributed by atoms with van der Waals surface area (Å²) in [6.07, 6.45) is 0. The molecule has 3 heteroatoms. The van der Waals surface area contributed by atoms with Gasteiger partial charge in [-0.25, -0.2) is 9.97 Å². The van der Waals surface area contributed by atoms with Crippen LogP contribution >= 0.6 is 0 Å². The molecule has 11 aromatic carbocycles. The molecule has 0 spiro atoms. The zero-order valence-corrected chi connectivity index (χ0v) is 36.4. The second kappa shape index (κ2) is 16.0. The molecule has 0 amide bonds. The van der Waals surface area contributed by atoms with Crippen molar-refractivity contribution in [2.45, 2.75) is 0 Å². The van der Waals surface area contributed by atoms with E-state index in [1.165, 1.54) is 70.9 Å². The minimum absolute atomic E-state index is 0.681. The van der Waals surface area contributed by atoms with Crippen molar-refractivity contribution in [3.05, 3.63) is 243 Å². The average Bonchev–Trinajstić information content (AvgIpc) is 3.85. The van der Waals surface area contributed by atoms with Gasteiger partial charge in [0.05, 0.1) is 11.4 Å². The van der Waals surface area contributed by atoms with Gasteiger partial charge < -0.3 is 4.42 Å². The molecule has 0 bridgehead atoms. The van der Waals surface area contributed by atoms with Gasteiger partial charge in [0.2, 0.25) is 0 Å². The Hall–Kier alpha value is -8.92. The molecule has 0 radical (unpaired) electrons. The molecular weight excluding hydrogens is 813 g/mol. The fourth-order valence-electron chi connectivity index (χ4n) is 9.99. The van der Waals surface area contributed by atoms with Crippen molar-refractivity contribution in [2.24, 2.45) is 0 Å². The molecule has 0 aliphatic carbocycles. The standard InChI is InChI=1S/C64H40N2O/c1-2-14-46(15-3-1)64-65-59(40-60(66-64)48-18-12-19-49(37-48)62-39-50-17-6-11-24-61(50)67-62)44-29-25-42(26-30-44)52-35-36-53(56-23-10-9-22-55(52)56)43-27-31-45(32-28-43)63-54-21-8-5-16-47(54)38-58-51-20-7-4-13-41(51)33-34-57(58)63/h1-40H. The maximum Gasteiger partial charge on any atom is 0.160 e. The number of nitrogens with zero attached hydrogens (tertiary/aromatic N) is 2. The summed E-state index contributed by atoms with van der Waals surface area (Å²) < 4.78 is 6.25. The third-order valence-electron chi connectivity index (χ3n) is 13.3. The van der Waals surface area contributed by atoms with E-state index in [2.05, 4.69) is 206 Å². The molecule has 0 atom stereocenters. The largest absolute Gasteiger partial charge is 0.456 e. The van der Waals surface area contributed by atoms with Gasteiger partial charge in [0.1, 0.15) is 11.3 Å². The third-order valence-corrected chi connectivity index (χ3v) is 13.3. The maximum absolute atomic E-state index is 6.25. The van der Waals surface area contributed by atoms with Crippen LogP contribution in [0.4, 0.5) is 0 Å². The Morgan fingerprint density at radius 2 is 0.821 bits per heavy atom. The second-order valence-electron chi connectivity index (χ2n) is 17.3. The van der Waals surface area contributed by atoms with Crippen molar-refractivity contribution in [3.63, 3.8) is 0 Å². The summed E-state index contributed by atoms with van der Waals surface area (Å²) in [5, 5.41) is 11.1. The monoisotopic (exact) mass is 852 g/mol. The summed E-state index contributed by atoms with van der Waals surface area (Å²) in [5.74, 6) is 1.51. The zero-order valence-electron chi connectivity index (χ0n) is 36.4. The Balaban J connectivity index is 0.851. The lowest BCUT2D eigenvalue weighted by atomic mass is 9.88. The fraction of sp³-hybridized carbons (Fsp3) is 0. The molecule has 0 saturated carbocycles. The van der Waals surface area contributed by atoms with Crippen LogP contribution in [0.25, 0.3) is 133 Å². The van der Waals surface area contributed by atoms with Crippen LogP contribution in [-0.4, -0.2) is 9.97 Å². The van der Waals surface area contributed by atoms with Crippen molar-refractivity contribution in [1.29, 1.82) is 0 Å². The van der Waals surface area contributed by atoms with Crippen molar-refractivity contribution >= 4 is 54.1 Å². The highest BCUT2D eigenvalue weighted by molar-refractivity contribution is 6.20. The van der Waals surface area contributed by atoms with E-state index < -0.39 is 0 Å². The van der Waals surface area contributed by atoms with E-state index in [9.17, 15) is 0 Å². The normalized spacial score (nSPS) is 11.6. The predicted molar refractivity (Wildman–Crippen MR) is 280 cm³/mol. The van der Waals surface area contributed by atoms with E-state index in [0.29, 0.717) is 5.82 Å². The van der Waals surface area contributed by atoms with Gasteiger partial charge in [-0.3, -0.25) is 0 Å². The topological polar surface area (TPSA) is 38.9 Å². The number of fused-ring (bicyclic) bond motifs is 6. The highest BCUT2D eigenvalue weighted by Gasteiger charge is 2.16. The average molecular weight is 853 g/mol. The molecule has 3 nitrogen and oxygen atoms in total. The highest BCUT2D eigenvalue weighted by atomic mass is 16.3. The Bertz CT molecular complexity index is 3980. The molecular formula is C64H40N2O. The lowest BCUT2D eigenvalue weighted by molar-refractivity contribution is 0.631. The molecule has 2 heterocycles. The summed E-state index contributed by atoms with van der Waals surface area (Å²) in [4.78, 5) is 10.3. The summed E-state index contributed by atoms with van der Waals surface area (Å²) in [5.41, 5.74) is 13.8. The van der Waals surface area contributed by atoms with Crippen LogP contribution < -0.4 is 0 Å². The van der Waals surface area contributed by atoms with Crippen LogP contribution in [0.5, 0.6) is 0 Å². The quantitative estimate of drug-likeness (QED) is 0.118. The predicted octanol–water partition coefficient (Wildman–Crippen LogP) is 17.5. The molecule has 0 aliphatic rings. The first-order valence-electron chi connectivity index (χ1n) is 22.8. The van der Waals surface area contributed by atoms with Gasteiger partial charge in [0, 0.05) is 27.6 Å². The molecule has 13 aromatic rings. The van der Waals surface area contributed by atoms with Gasteiger partial charge in [-0.2, -0.15) is 0 Å². The van der Waals surface area contributed by atoms with Crippen molar-refractivity contribution in [1.82, 2.24) is 9.97 Å². The van der Waals surface area contributed by atoms with E-state index in [1.54, 1.807) is 0 Å². The number of furan rings is 1. The Morgan fingerprint density at radius 3 is 1.54 bits per heavy atom. The van der Waals surface area contributed by atoms with Crippen LogP contribution in [0, 0.1) is 0 Å². The van der Waals surface area contributed by atoms with E-state index in [0.717, 1.165) is 55.9 Å². The van der Waals surface area contributed by atoms with E-state index >= 15 is 0 Å². The number of aromatic nitrogens is 2. The summed E-state index contributed by atoms with van der Waals surface area (Å²) in [6.45, 7) is 0. The Labute approximate surface area is 387 Å². The van der Waals surface area contributed by atoms with Gasteiger partial charge in [0.15, 0.2) is 5.82 Å². The lowest BCUT2D eigenvalue weighted by Gasteiger charge is -2.15. The molecule has 0 unspecified atom stereocenters. The Morgan fingerprint density at radius 1 is 0.269 bits per heavy atom. The molecule has 0 fully saturated rings. The van der Waals surface area contributed by atoms with Gasteiger partial charge in [-0.05, 0) is 107 Å². The minimum Gasteiger partial charge on any atom is -0.456 e. The van der Waals surface area contributed by atoms with Crippen LogP contribution in [0.15, 0.2) is 247 Å². The number of hydrogen-bond acceptors (Lipinski definition) is 3. The first-order valence-corrected chi connectivity index (χ1v) is 22.8. The first kappa shape index (κ1) is 38.5. The number of rotatable bonds is 7. The van der Waals surface area contributed by atoms with Gasteiger partial charge in [-0.15, -0.1) is 0 Å².